The molecule has 0 saturated heterocycles. The van der Waals surface area contributed by atoms with E-state index in [1.54, 1.807) is 19.2 Å². The minimum absolute atomic E-state index is 0.0305. The van der Waals surface area contributed by atoms with Crippen molar-refractivity contribution in [2.45, 2.75) is 26.0 Å². The molecule has 0 aliphatic carbocycles. The molecule has 102 valence electrons. The minimum atomic E-state index is -2.88. The average molecular weight is 280 g/mol. The number of nitrogens with one attached hydrogen (secondary N) is 1. The van der Waals surface area contributed by atoms with Crippen LogP contribution in [0.5, 0.6) is 5.75 Å². The molecule has 6 heteroatoms. The van der Waals surface area contributed by atoms with E-state index < -0.39 is 6.61 Å². The van der Waals surface area contributed by atoms with E-state index in [1.165, 1.54) is 6.07 Å². The quantitative estimate of drug-likeness (QED) is 0.824. The van der Waals surface area contributed by atoms with E-state index in [-0.39, 0.29) is 16.8 Å². The Kier molecular flexibility index (Phi) is 6.15. The Morgan fingerprint density at radius 3 is 2.61 bits per heavy atom. The first-order chi connectivity index (χ1) is 8.56. The van der Waals surface area contributed by atoms with Gasteiger partial charge in [0.1, 0.15) is 5.75 Å². The van der Waals surface area contributed by atoms with E-state index in [0.29, 0.717) is 6.61 Å². The summed E-state index contributed by atoms with van der Waals surface area (Å²) in [6, 6.07) is 4.75. The standard InChI is InChI=1S/C12H16ClF2NO2/c1-3-8(7-17-2)16-9-4-5-11(10(13)6-9)18-12(14)15/h4-6,8,12,16H,3,7H2,1-2H3. The van der Waals surface area contributed by atoms with Crippen LogP contribution in [0.15, 0.2) is 18.2 Å². The largest absolute Gasteiger partial charge is 0.433 e. The highest BCUT2D eigenvalue weighted by Gasteiger charge is 2.10. The first kappa shape index (κ1) is 15.0. The predicted octanol–water partition coefficient (Wildman–Crippen LogP) is 3.78. The molecule has 0 amide bonds. The fourth-order valence-corrected chi connectivity index (χ4v) is 1.71. The van der Waals surface area contributed by atoms with Crippen LogP contribution in [0.2, 0.25) is 5.02 Å². The summed E-state index contributed by atoms with van der Waals surface area (Å²) >= 11 is 5.85. The van der Waals surface area contributed by atoms with Crippen LogP contribution in [0.1, 0.15) is 13.3 Å². The van der Waals surface area contributed by atoms with Crippen molar-refractivity contribution < 1.29 is 18.3 Å². The van der Waals surface area contributed by atoms with Crippen molar-refractivity contribution in [3.63, 3.8) is 0 Å². The van der Waals surface area contributed by atoms with Crippen LogP contribution >= 0.6 is 11.6 Å². The van der Waals surface area contributed by atoms with Gasteiger partial charge in [-0.2, -0.15) is 8.78 Å². The molecule has 1 rings (SSSR count). The van der Waals surface area contributed by atoms with Gasteiger partial charge in [-0.05, 0) is 24.6 Å². The first-order valence-corrected chi connectivity index (χ1v) is 5.94. The molecule has 0 spiro atoms. The van der Waals surface area contributed by atoms with Gasteiger partial charge in [-0.15, -0.1) is 0 Å². The monoisotopic (exact) mass is 279 g/mol. The molecule has 0 bridgehead atoms. The van der Waals surface area contributed by atoms with Crippen molar-refractivity contribution in [2.24, 2.45) is 0 Å². The normalized spacial score (nSPS) is 12.6. The molecule has 0 aliphatic heterocycles. The Labute approximate surface area is 110 Å². The predicted molar refractivity (Wildman–Crippen MR) is 67.7 cm³/mol. The highest BCUT2D eigenvalue weighted by molar-refractivity contribution is 6.32. The molecule has 1 aromatic carbocycles. The van der Waals surface area contributed by atoms with E-state index in [0.717, 1.165) is 12.1 Å². The molecule has 0 saturated carbocycles. The second-order valence-electron chi connectivity index (χ2n) is 3.73. The van der Waals surface area contributed by atoms with E-state index in [2.05, 4.69) is 10.1 Å². The summed E-state index contributed by atoms with van der Waals surface area (Å²) in [5.41, 5.74) is 0.741. The molecule has 0 aromatic heterocycles. The van der Waals surface area contributed by atoms with Gasteiger partial charge < -0.3 is 14.8 Å². The number of methoxy groups -OCH3 is 1. The van der Waals surface area contributed by atoms with Crippen molar-refractivity contribution in [3.05, 3.63) is 23.2 Å². The van der Waals surface area contributed by atoms with E-state index in [4.69, 9.17) is 16.3 Å². The Morgan fingerprint density at radius 2 is 2.11 bits per heavy atom. The van der Waals surface area contributed by atoms with Crippen molar-refractivity contribution in [1.82, 2.24) is 0 Å². The molecule has 0 heterocycles. The van der Waals surface area contributed by atoms with Crippen LogP contribution in [0.4, 0.5) is 14.5 Å². The van der Waals surface area contributed by atoms with Crippen LogP contribution in [0, 0.1) is 0 Å². The number of anilines is 1. The van der Waals surface area contributed by atoms with Crippen LogP contribution in [-0.2, 0) is 4.74 Å². The van der Waals surface area contributed by atoms with Gasteiger partial charge in [0, 0.05) is 18.8 Å². The lowest BCUT2D eigenvalue weighted by molar-refractivity contribution is -0.0497. The van der Waals surface area contributed by atoms with Gasteiger partial charge in [-0.25, -0.2) is 0 Å². The third kappa shape index (κ3) is 4.66. The molecule has 0 aliphatic rings. The van der Waals surface area contributed by atoms with Gasteiger partial charge >= 0.3 is 6.61 Å². The highest BCUT2D eigenvalue weighted by Crippen LogP contribution is 2.29. The van der Waals surface area contributed by atoms with Gasteiger partial charge in [0.05, 0.1) is 11.6 Å². The maximum Gasteiger partial charge on any atom is 0.387 e. The maximum absolute atomic E-state index is 12.1. The molecular weight excluding hydrogens is 264 g/mol. The summed E-state index contributed by atoms with van der Waals surface area (Å²) < 4.78 is 33.4. The zero-order valence-electron chi connectivity index (χ0n) is 10.3. The fourth-order valence-electron chi connectivity index (χ4n) is 1.48. The SMILES string of the molecule is CCC(COC)Nc1ccc(OC(F)F)c(Cl)c1. The number of hydrogen-bond donors (Lipinski definition) is 1. The van der Waals surface area contributed by atoms with Crippen LogP contribution in [0.3, 0.4) is 0 Å². The van der Waals surface area contributed by atoms with Gasteiger partial charge in [0.25, 0.3) is 0 Å². The Balaban J connectivity index is 2.71. The Hall–Kier alpha value is -1.07. The van der Waals surface area contributed by atoms with Crippen molar-refractivity contribution in [1.29, 1.82) is 0 Å². The van der Waals surface area contributed by atoms with Gasteiger partial charge in [0.2, 0.25) is 0 Å². The number of halogens is 3. The molecule has 0 fully saturated rings. The van der Waals surface area contributed by atoms with Crippen molar-refractivity contribution >= 4 is 17.3 Å². The maximum atomic E-state index is 12.1. The lowest BCUT2D eigenvalue weighted by Crippen LogP contribution is -2.23. The molecule has 0 radical (unpaired) electrons. The smallest absolute Gasteiger partial charge is 0.387 e. The second-order valence-corrected chi connectivity index (χ2v) is 4.14. The van der Waals surface area contributed by atoms with Gasteiger partial charge in [-0.3, -0.25) is 0 Å². The second kappa shape index (κ2) is 7.38. The number of alkyl halides is 2. The van der Waals surface area contributed by atoms with Crippen LogP contribution in [0.25, 0.3) is 0 Å². The summed E-state index contributed by atoms with van der Waals surface area (Å²) in [5.74, 6) is -0.0305. The van der Waals surface area contributed by atoms with Gasteiger partial charge in [-0.1, -0.05) is 18.5 Å². The van der Waals surface area contributed by atoms with Gasteiger partial charge in [0.15, 0.2) is 0 Å². The van der Waals surface area contributed by atoms with Crippen molar-refractivity contribution in [2.75, 3.05) is 19.0 Å². The molecule has 1 N–H and O–H groups in total. The summed E-state index contributed by atoms with van der Waals surface area (Å²) in [5, 5.41) is 3.34. The molecule has 3 nitrogen and oxygen atoms in total. The molecular formula is C12H16ClF2NO2. The minimum Gasteiger partial charge on any atom is -0.433 e. The molecule has 18 heavy (non-hydrogen) atoms. The number of benzene rings is 1. The number of rotatable bonds is 7. The summed E-state index contributed by atoms with van der Waals surface area (Å²) in [4.78, 5) is 0. The van der Waals surface area contributed by atoms with E-state index >= 15 is 0 Å². The zero-order valence-corrected chi connectivity index (χ0v) is 11.0. The lowest BCUT2D eigenvalue weighted by Gasteiger charge is -2.18. The third-order valence-electron chi connectivity index (χ3n) is 2.38. The summed E-state index contributed by atoms with van der Waals surface area (Å²) in [7, 11) is 1.62. The Morgan fingerprint density at radius 1 is 1.39 bits per heavy atom. The van der Waals surface area contributed by atoms with E-state index in [1.807, 2.05) is 6.92 Å². The average Bonchev–Trinajstić information content (AvgIpc) is 2.31. The molecule has 1 aromatic rings. The van der Waals surface area contributed by atoms with Crippen molar-refractivity contribution in [3.8, 4) is 5.75 Å². The number of ether oxygens (including phenoxy) is 2. The molecule has 1 atom stereocenters. The topological polar surface area (TPSA) is 30.5 Å². The van der Waals surface area contributed by atoms with Crippen LogP contribution < -0.4 is 10.1 Å². The highest BCUT2D eigenvalue weighted by atomic mass is 35.5. The van der Waals surface area contributed by atoms with E-state index in [9.17, 15) is 8.78 Å². The number of hydrogen-bond acceptors (Lipinski definition) is 3. The summed E-state index contributed by atoms with van der Waals surface area (Å²) in [6.07, 6.45) is 0.876. The first-order valence-electron chi connectivity index (χ1n) is 5.56. The fraction of sp³-hybridized carbons (Fsp3) is 0.500. The zero-order chi connectivity index (χ0) is 13.5. The molecule has 1 unspecified atom stereocenters. The lowest BCUT2D eigenvalue weighted by atomic mass is 10.2. The summed E-state index contributed by atoms with van der Waals surface area (Å²) in [6.45, 7) is -0.297. The third-order valence-corrected chi connectivity index (χ3v) is 2.67. The van der Waals surface area contributed by atoms with Crippen LogP contribution in [-0.4, -0.2) is 26.4 Å². The Bertz CT molecular complexity index is 377.